The van der Waals surface area contributed by atoms with Crippen LogP contribution < -0.4 is 0 Å². The summed E-state index contributed by atoms with van der Waals surface area (Å²) in [4.78, 5) is 27.6. The number of hydrogen-bond donors (Lipinski definition) is 1. The number of pyridine rings is 1. The van der Waals surface area contributed by atoms with Gasteiger partial charge in [0.05, 0.1) is 17.8 Å². The van der Waals surface area contributed by atoms with Crippen LogP contribution in [0.5, 0.6) is 0 Å². The molecular formula is C12H14F2N2O3. The van der Waals surface area contributed by atoms with Crippen molar-refractivity contribution in [3.05, 3.63) is 29.1 Å². The molecule has 0 radical (unpaired) electrons. The molecule has 0 atom stereocenters. The van der Waals surface area contributed by atoms with E-state index in [2.05, 4.69) is 4.98 Å². The molecular weight excluding hydrogens is 258 g/mol. The molecule has 0 aliphatic heterocycles. The zero-order valence-electron chi connectivity index (χ0n) is 10.6. The number of alkyl halides is 2. The predicted molar refractivity (Wildman–Crippen MR) is 63.5 cm³/mol. The fourth-order valence-electron chi connectivity index (χ4n) is 1.59. The van der Waals surface area contributed by atoms with Crippen LogP contribution in [-0.4, -0.2) is 46.4 Å². The fraction of sp³-hybridized carbons (Fsp3) is 0.417. The van der Waals surface area contributed by atoms with Gasteiger partial charge in [-0.1, -0.05) is 0 Å². The summed E-state index contributed by atoms with van der Waals surface area (Å²) in [7, 11) is 0. The van der Waals surface area contributed by atoms with Crippen molar-refractivity contribution < 1.29 is 23.5 Å². The highest BCUT2D eigenvalue weighted by Crippen LogP contribution is 2.10. The molecule has 1 aromatic rings. The molecule has 0 spiro atoms. The van der Waals surface area contributed by atoms with E-state index in [0.717, 1.165) is 4.90 Å². The Morgan fingerprint density at radius 1 is 1.42 bits per heavy atom. The van der Waals surface area contributed by atoms with E-state index in [-0.39, 0.29) is 23.5 Å². The summed E-state index contributed by atoms with van der Waals surface area (Å²) >= 11 is 0. The first kappa shape index (κ1) is 15.0. The first-order chi connectivity index (χ1) is 8.86. The van der Waals surface area contributed by atoms with E-state index in [1.807, 2.05) is 0 Å². The van der Waals surface area contributed by atoms with Gasteiger partial charge in [-0.15, -0.1) is 0 Å². The number of amides is 1. The van der Waals surface area contributed by atoms with Crippen molar-refractivity contribution in [3.63, 3.8) is 0 Å². The van der Waals surface area contributed by atoms with E-state index in [0.29, 0.717) is 0 Å². The van der Waals surface area contributed by atoms with Gasteiger partial charge in [-0.25, -0.2) is 18.6 Å². The second kappa shape index (κ2) is 6.21. The molecule has 7 heteroatoms. The van der Waals surface area contributed by atoms with E-state index in [1.54, 1.807) is 6.92 Å². The summed E-state index contributed by atoms with van der Waals surface area (Å²) in [6.07, 6.45) is -2.62. The summed E-state index contributed by atoms with van der Waals surface area (Å²) in [5, 5.41) is 8.83. The Morgan fingerprint density at radius 2 is 2.05 bits per heavy atom. The highest BCUT2D eigenvalue weighted by Gasteiger charge is 2.20. The molecule has 0 bridgehead atoms. The van der Waals surface area contributed by atoms with Crippen molar-refractivity contribution in [2.24, 2.45) is 0 Å². The molecule has 1 amide bonds. The van der Waals surface area contributed by atoms with Gasteiger partial charge in [0.15, 0.2) is 0 Å². The number of rotatable bonds is 5. The normalized spacial score (nSPS) is 10.6. The van der Waals surface area contributed by atoms with Crippen molar-refractivity contribution in [2.75, 3.05) is 13.1 Å². The SMILES string of the molecule is CCN(CC(F)F)C(=O)c1ccc(C(=O)O)c(C)n1. The Morgan fingerprint density at radius 3 is 2.47 bits per heavy atom. The lowest BCUT2D eigenvalue weighted by Crippen LogP contribution is -2.35. The zero-order chi connectivity index (χ0) is 14.6. The molecule has 19 heavy (non-hydrogen) atoms. The van der Waals surface area contributed by atoms with Gasteiger partial charge in [0.1, 0.15) is 5.69 Å². The Bertz CT molecular complexity index is 492. The van der Waals surface area contributed by atoms with Gasteiger partial charge >= 0.3 is 5.97 Å². The second-order valence-corrected chi connectivity index (χ2v) is 3.87. The summed E-state index contributed by atoms with van der Waals surface area (Å²) < 4.78 is 24.6. The van der Waals surface area contributed by atoms with Crippen LogP contribution in [0.25, 0.3) is 0 Å². The summed E-state index contributed by atoms with van der Waals surface area (Å²) in [6.45, 7) is 2.49. The number of carboxylic acids is 1. The van der Waals surface area contributed by atoms with Crippen molar-refractivity contribution >= 4 is 11.9 Å². The van der Waals surface area contributed by atoms with Gasteiger partial charge in [0.2, 0.25) is 0 Å². The third-order valence-corrected chi connectivity index (χ3v) is 2.56. The number of halogens is 2. The quantitative estimate of drug-likeness (QED) is 0.887. The molecule has 1 heterocycles. The molecule has 0 aliphatic rings. The highest BCUT2D eigenvalue weighted by molar-refractivity contribution is 5.94. The van der Waals surface area contributed by atoms with Crippen LogP contribution in [0.15, 0.2) is 12.1 Å². The van der Waals surface area contributed by atoms with Crippen molar-refractivity contribution in [1.82, 2.24) is 9.88 Å². The fourth-order valence-corrected chi connectivity index (χ4v) is 1.59. The summed E-state index contributed by atoms with van der Waals surface area (Å²) in [5.41, 5.74) is 0.116. The monoisotopic (exact) mass is 272 g/mol. The minimum Gasteiger partial charge on any atom is -0.478 e. The van der Waals surface area contributed by atoms with E-state index in [9.17, 15) is 18.4 Å². The van der Waals surface area contributed by atoms with Gasteiger partial charge in [0.25, 0.3) is 12.3 Å². The number of nitrogens with zero attached hydrogens (tertiary/aromatic N) is 2. The Kier molecular flexibility index (Phi) is 4.91. The van der Waals surface area contributed by atoms with Crippen molar-refractivity contribution in [3.8, 4) is 0 Å². The number of carbonyl (C=O) groups excluding carboxylic acids is 1. The molecule has 0 saturated carbocycles. The minimum atomic E-state index is -2.62. The number of carbonyl (C=O) groups is 2. The maximum absolute atomic E-state index is 12.3. The zero-order valence-corrected chi connectivity index (χ0v) is 10.6. The van der Waals surface area contributed by atoms with Crippen LogP contribution in [0.2, 0.25) is 0 Å². The van der Waals surface area contributed by atoms with Crippen molar-refractivity contribution in [2.45, 2.75) is 20.3 Å². The lowest BCUT2D eigenvalue weighted by Gasteiger charge is -2.20. The Balaban J connectivity index is 2.99. The molecule has 0 saturated heterocycles. The van der Waals surface area contributed by atoms with Crippen LogP contribution in [0.3, 0.4) is 0 Å². The third kappa shape index (κ3) is 3.70. The molecule has 0 unspecified atom stereocenters. The molecule has 104 valence electrons. The van der Waals surface area contributed by atoms with E-state index >= 15 is 0 Å². The van der Waals surface area contributed by atoms with Gasteiger partial charge < -0.3 is 10.0 Å². The maximum atomic E-state index is 12.3. The molecule has 1 N–H and O–H groups in total. The van der Waals surface area contributed by atoms with Crippen LogP contribution in [0.1, 0.15) is 33.5 Å². The topological polar surface area (TPSA) is 70.5 Å². The van der Waals surface area contributed by atoms with Gasteiger partial charge in [-0.3, -0.25) is 4.79 Å². The standard InChI is InChI=1S/C12H14F2N2O3/c1-3-16(6-10(13)14)11(17)9-5-4-8(12(18)19)7(2)15-9/h4-5,10H,3,6H2,1-2H3,(H,18,19). The first-order valence-corrected chi connectivity index (χ1v) is 5.65. The minimum absolute atomic E-state index is 0.0199. The lowest BCUT2D eigenvalue weighted by molar-refractivity contribution is 0.0563. The number of aryl methyl sites for hydroxylation is 1. The van der Waals surface area contributed by atoms with E-state index < -0.39 is 24.8 Å². The van der Waals surface area contributed by atoms with Gasteiger partial charge in [-0.2, -0.15) is 0 Å². The molecule has 5 nitrogen and oxygen atoms in total. The van der Waals surface area contributed by atoms with E-state index in [1.165, 1.54) is 19.1 Å². The number of aromatic nitrogens is 1. The maximum Gasteiger partial charge on any atom is 0.337 e. The lowest BCUT2D eigenvalue weighted by atomic mass is 10.2. The predicted octanol–water partition coefficient (Wildman–Crippen LogP) is 1.82. The van der Waals surface area contributed by atoms with E-state index in [4.69, 9.17) is 5.11 Å². The number of hydrogen-bond acceptors (Lipinski definition) is 3. The van der Waals surface area contributed by atoms with Crippen LogP contribution in [0, 0.1) is 6.92 Å². The summed E-state index contributed by atoms with van der Waals surface area (Å²) in [6, 6.07) is 2.47. The average Bonchev–Trinajstić information content (AvgIpc) is 2.34. The first-order valence-electron chi connectivity index (χ1n) is 5.65. The van der Waals surface area contributed by atoms with Gasteiger partial charge in [0, 0.05) is 6.54 Å². The van der Waals surface area contributed by atoms with Crippen molar-refractivity contribution in [1.29, 1.82) is 0 Å². The van der Waals surface area contributed by atoms with Crippen LogP contribution in [0.4, 0.5) is 8.78 Å². The smallest absolute Gasteiger partial charge is 0.337 e. The third-order valence-electron chi connectivity index (χ3n) is 2.56. The number of aromatic carboxylic acids is 1. The summed E-state index contributed by atoms with van der Waals surface area (Å²) in [5.74, 6) is -1.79. The second-order valence-electron chi connectivity index (χ2n) is 3.87. The average molecular weight is 272 g/mol. The highest BCUT2D eigenvalue weighted by atomic mass is 19.3. The Labute approximate surface area is 108 Å². The number of carboxylic acid groups (broad SMARTS) is 1. The molecule has 0 aliphatic carbocycles. The molecule has 1 aromatic heterocycles. The van der Waals surface area contributed by atoms with Crippen LogP contribution in [-0.2, 0) is 0 Å². The molecule has 0 fully saturated rings. The molecule has 1 rings (SSSR count). The van der Waals surface area contributed by atoms with Crippen LogP contribution >= 0.6 is 0 Å². The molecule has 0 aromatic carbocycles. The largest absolute Gasteiger partial charge is 0.478 e. The van der Waals surface area contributed by atoms with Gasteiger partial charge in [-0.05, 0) is 26.0 Å². The Hall–Kier alpha value is -2.05.